The summed E-state index contributed by atoms with van der Waals surface area (Å²) in [4.78, 5) is 0. The topological polar surface area (TPSA) is 63.4 Å². The zero-order valence-corrected chi connectivity index (χ0v) is 10.4. The predicted octanol–water partition coefficient (Wildman–Crippen LogP) is 0.785. The normalized spacial score (nSPS) is 17.0. The standard InChI is InChI=1S/C9H22N2O2S/c1-5-7-14(12,13)11(4)9(3,6-2)8-10/h5-8,10H2,1-4H3. The van der Waals surface area contributed by atoms with Gasteiger partial charge in [0.05, 0.1) is 5.75 Å². The van der Waals surface area contributed by atoms with Crippen molar-refractivity contribution in [1.29, 1.82) is 0 Å². The molecule has 0 amide bonds. The van der Waals surface area contributed by atoms with Crippen molar-refractivity contribution in [3.05, 3.63) is 0 Å². The second-order valence-electron chi connectivity index (χ2n) is 3.84. The molecule has 0 aliphatic carbocycles. The van der Waals surface area contributed by atoms with Gasteiger partial charge < -0.3 is 5.73 Å². The Morgan fingerprint density at radius 2 is 1.86 bits per heavy atom. The zero-order valence-electron chi connectivity index (χ0n) is 9.58. The van der Waals surface area contributed by atoms with Gasteiger partial charge in [-0.25, -0.2) is 8.42 Å². The van der Waals surface area contributed by atoms with Crippen LogP contribution in [0.5, 0.6) is 0 Å². The van der Waals surface area contributed by atoms with E-state index in [2.05, 4.69) is 0 Å². The fraction of sp³-hybridized carbons (Fsp3) is 1.00. The minimum atomic E-state index is -3.14. The molecule has 1 unspecified atom stereocenters. The van der Waals surface area contributed by atoms with Crippen molar-refractivity contribution in [3.63, 3.8) is 0 Å². The first kappa shape index (κ1) is 13.9. The highest BCUT2D eigenvalue weighted by molar-refractivity contribution is 7.89. The van der Waals surface area contributed by atoms with Crippen molar-refractivity contribution < 1.29 is 8.42 Å². The van der Waals surface area contributed by atoms with Crippen molar-refractivity contribution in [2.24, 2.45) is 5.73 Å². The van der Waals surface area contributed by atoms with Crippen molar-refractivity contribution in [2.45, 2.75) is 39.2 Å². The fourth-order valence-electron chi connectivity index (χ4n) is 1.23. The Hall–Kier alpha value is -0.130. The second-order valence-corrected chi connectivity index (χ2v) is 5.96. The van der Waals surface area contributed by atoms with Crippen LogP contribution in [0.3, 0.4) is 0 Å². The van der Waals surface area contributed by atoms with Gasteiger partial charge in [0.2, 0.25) is 10.0 Å². The molecule has 0 heterocycles. The summed E-state index contributed by atoms with van der Waals surface area (Å²) >= 11 is 0. The molecule has 0 saturated carbocycles. The van der Waals surface area contributed by atoms with Crippen molar-refractivity contribution in [1.82, 2.24) is 4.31 Å². The SMILES string of the molecule is CCCS(=O)(=O)N(C)C(C)(CC)CN. The lowest BCUT2D eigenvalue weighted by molar-refractivity contribution is 0.240. The van der Waals surface area contributed by atoms with Crippen LogP contribution in [0.2, 0.25) is 0 Å². The number of hydrogen-bond donors (Lipinski definition) is 1. The number of hydrogen-bond acceptors (Lipinski definition) is 3. The number of sulfonamides is 1. The van der Waals surface area contributed by atoms with Crippen LogP contribution < -0.4 is 5.73 Å². The molecule has 0 spiro atoms. The smallest absolute Gasteiger partial charge is 0.214 e. The molecule has 0 aromatic rings. The van der Waals surface area contributed by atoms with E-state index in [1.165, 1.54) is 4.31 Å². The highest BCUT2D eigenvalue weighted by atomic mass is 32.2. The molecule has 0 rings (SSSR count). The van der Waals surface area contributed by atoms with Gasteiger partial charge in [0.1, 0.15) is 0 Å². The van der Waals surface area contributed by atoms with Crippen LogP contribution in [-0.4, -0.2) is 37.6 Å². The van der Waals surface area contributed by atoms with Gasteiger partial charge >= 0.3 is 0 Å². The zero-order chi connectivity index (χ0) is 11.4. The van der Waals surface area contributed by atoms with Gasteiger partial charge in [-0.15, -0.1) is 0 Å². The lowest BCUT2D eigenvalue weighted by Gasteiger charge is -2.36. The average molecular weight is 222 g/mol. The third-order valence-electron chi connectivity index (χ3n) is 2.84. The van der Waals surface area contributed by atoms with Gasteiger partial charge in [-0.3, -0.25) is 0 Å². The van der Waals surface area contributed by atoms with E-state index in [0.29, 0.717) is 13.0 Å². The van der Waals surface area contributed by atoms with E-state index in [9.17, 15) is 8.42 Å². The number of nitrogens with two attached hydrogens (primary N) is 1. The van der Waals surface area contributed by atoms with Crippen molar-refractivity contribution in [3.8, 4) is 0 Å². The maximum absolute atomic E-state index is 11.8. The van der Waals surface area contributed by atoms with Gasteiger partial charge in [0, 0.05) is 19.1 Å². The summed E-state index contributed by atoms with van der Waals surface area (Å²) < 4.78 is 25.0. The summed E-state index contributed by atoms with van der Waals surface area (Å²) in [6.45, 7) is 6.03. The molecule has 1 atom stereocenters. The number of rotatable bonds is 6. The third kappa shape index (κ3) is 2.93. The van der Waals surface area contributed by atoms with Crippen LogP contribution in [0.25, 0.3) is 0 Å². The summed E-state index contributed by atoms with van der Waals surface area (Å²) in [5.74, 6) is 0.194. The summed E-state index contributed by atoms with van der Waals surface area (Å²) in [6.07, 6.45) is 1.36. The van der Waals surface area contributed by atoms with Gasteiger partial charge in [0.15, 0.2) is 0 Å². The van der Waals surface area contributed by atoms with Crippen LogP contribution >= 0.6 is 0 Å². The average Bonchev–Trinajstić information content (AvgIpc) is 2.15. The van der Waals surface area contributed by atoms with Crippen molar-refractivity contribution in [2.75, 3.05) is 19.3 Å². The van der Waals surface area contributed by atoms with Crippen molar-refractivity contribution >= 4 is 10.0 Å². The Morgan fingerprint density at radius 3 is 2.14 bits per heavy atom. The van der Waals surface area contributed by atoms with Gasteiger partial charge in [0.25, 0.3) is 0 Å². The molecule has 0 aromatic heterocycles. The monoisotopic (exact) mass is 222 g/mol. The lowest BCUT2D eigenvalue weighted by atomic mass is 10.00. The Kier molecular flexibility index (Phi) is 5.05. The Morgan fingerprint density at radius 1 is 1.36 bits per heavy atom. The van der Waals surface area contributed by atoms with Crippen LogP contribution in [0.1, 0.15) is 33.6 Å². The molecule has 0 radical (unpaired) electrons. The van der Waals surface area contributed by atoms with E-state index in [4.69, 9.17) is 5.73 Å². The molecular formula is C9H22N2O2S. The van der Waals surface area contributed by atoms with Crippen LogP contribution in [-0.2, 0) is 10.0 Å². The van der Waals surface area contributed by atoms with Gasteiger partial charge in [-0.1, -0.05) is 13.8 Å². The molecule has 0 aliphatic heterocycles. The van der Waals surface area contributed by atoms with E-state index in [0.717, 1.165) is 6.42 Å². The Bertz CT molecular complexity index is 258. The molecule has 4 nitrogen and oxygen atoms in total. The van der Waals surface area contributed by atoms with Crippen LogP contribution in [0, 0.1) is 0 Å². The Balaban J connectivity index is 4.83. The molecule has 0 aromatic carbocycles. The number of nitrogens with zero attached hydrogens (tertiary/aromatic N) is 1. The van der Waals surface area contributed by atoms with E-state index in [-0.39, 0.29) is 5.75 Å². The highest BCUT2D eigenvalue weighted by Gasteiger charge is 2.33. The van der Waals surface area contributed by atoms with E-state index in [1.807, 2.05) is 20.8 Å². The second kappa shape index (κ2) is 5.09. The van der Waals surface area contributed by atoms with Crippen LogP contribution in [0.15, 0.2) is 0 Å². The maximum atomic E-state index is 11.8. The molecule has 0 fully saturated rings. The minimum absolute atomic E-state index is 0.194. The molecule has 0 aliphatic rings. The van der Waals surface area contributed by atoms with Crippen LogP contribution in [0.4, 0.5) is 0 Å². The molecule has 5 heteroatoms. The largest absolute Gasteiger partial charge is 0.329 e. The third-order valence-corrected chi connectivity index (χ3v) is 5.04. The molecule has 0 bridgehead atoms. The summed E-state index contributed by atoms with van der Waals surface area (Å²) in [6, 6.07) is 0. The first-order valence-electron chi connectivity index (χ1n) is 5.00. The quantitative estimate of drug-likeness (QED) is 0.722. The molecule has 86 valence electrons. The molecule has 0 saturated heterocycles. The molecular weight excluding hydrogens is 200 g/mol. The van der Waals surface area contributed by atoms with E-state index < -0.39 is 15.6 Å². The Labute approximate surface area is 87.5 Å². The predicted molar refractivity (Wildman–Crippen MR) is 59.6 cm³/mol. The number of likely N-dealkylation sites (N-methyl/N-ethyl adjacent to an activating group) is 1. The highest BCUT2D eigenvalue weighted by Crippen LogP contribution is 2.20. The summed E-state index contributed by atoms with van der Waals surface area (Å²) in [7, 11) is -1.53. The van der Waals surface area contributed by atoms with E-state index >= 15 is 0 Å². The van der Waals surface area contributed by atoms with Gasteiger partial charge in [-0.05, 0) is 19.8 Å². The summed E-state index contributed by atoms with van der Waals surface area (Å²) in [5, 5.41) is 0. The van der Waals surface area contributed by atoms with Gasteiger partial charge in [-0.2, -0.15) is 4.31 Å². The fourth-order valence-corrected chi connectivity index (χ4v) is 2.89. The molecule has 14 heavy (non-hydrogen) atoms. The van der Waals surface area contributed by atoms with E-state index in [1.54, 1.807) is 7.05 Å². The lowest BCUT2D eigenvalue weighted by Crippen LogP contribution is -2.52. The molecule has 2 N–H and O–H groups in total. The first-order chi connectivity index (χ1) is 6.34. The minimum Gasteiger partial charge on any atom is -0.329 e. The maximum Gasteiger partial charge on any atom is 0.214 e. The summed E-state index contributed by atoms with van der Waals surface area (Å²) in [5.41, 5.74) is 5.15. The first-order valence-corrected chi connectivity index (χ1v) is 6.61.